The Morgan fingerprint density at radius 3 is 2.57 bits per heavy atom. The molecule has 2 aromatic rings. The van der Waals surface area contributed by atoms with Crippen molar-refractivity contribution in [2.75, 3.05) is 19.6 Å². The highest BCUT2D eigenvalue weighted by atomic mass is 19.4. The number of nitrogens with zero attached hydrogens (tertiary/aromatic N) is 3. The van der Waals surface area contributed by atoms with E-state index in [1.165, 1.54) is 43.5 Å². The molecule has 0 bridgehead atoms. The zero-order valence-corrected chi connectivity index (χ0v) is 15.4. The van der Waals surface area contributed by atoms with Crippen LogP contribution in [-0.4, -0.2) is 46.6 Å². The van der Waals surface area contributed by atoms with Crippen molar-refractivity contribution >= 4 is 5.91 Å². The van der Waals surface area contributed by atoms with Crippen LogP contribution in [0.4, 0.5) is 13.2 Å². The summed E-state index contributed by atoms with van der Waals surface area (Å²) >= 11 is 0. The van der Waals surface area contributed by atoms with Crippen LogP contribution < -0.4 is 5.32 Å². The molecule has 28 heavy (non-hydrogen) atoms. The molecule has 1 aliphatic carbocycles. The van der Waals surface area contributed by atoms with Crippen LogP contribution in [0.2, 0.25) is 0 Å². The summed E-state index contributed by atoms with van der Waals surface area (Å²) in [6.45, 7) is 4.99. The van der Waals surface area contributed by atoms with Gasteiger partial charge in [-0.15, -0.1) is 0 Å². The van der Waals surface area contributed by atoms with E-state index >= 15 is 0 Å². The monoisotopic (exact) mass is 394 g/mol. The van der Waals surface area contributed by atoms with Gasteiger partial charge >= 0.3 is 12.1 Å². The van der Waals surface area contributed by atoms with Gasteiger partial charge in [-0.1, -0.05) is 17.3 Å². The van der Waals surface area contributed by atoms with Crippen LogP contribution >= 0.6 is 0 Å². The molecule has 4 rings (SSSR count). The summed E-state index contributed by atoms with van der Waals surface area (Å²) in [7, 11) is 0. The molecule has 0 radical (unpaired) electrons. The summed E-state index contributed by atoms with van der Waals surface area (Å²) in [5.41, 5.74) is 1.33. The van der Waals surface area contributed by atoms with E-state index in [0.717, 1.165) is 19.6 Å². The molecule has 2 fully saturated rings. The van der Waals surface area contributed by atoms with Gasteiger partial charge in [0.25, 0.3) is 5.91 Å². The van der Waals surface area contributed by atoms with Crippen LogP contribution in [0, 0.1) is 5.41 Å². The first-order chi connectivity index (χ1) is 13.2. The van der Waals surface area contributed by atoms with Crippen molar-refractivity contribution in [2.45, 2.75) is 38.4 Å². The third-order valence-corrected chi connectivity index (χ3v) is 5.46. The maximum atomic E-state index is 12.5. The van der Waals surface area contributed by atoms with Crippen LogP contribution in [0.25, 0.3) is 11.4 Å². The molecular weight excluding hydrogens is 373 g/mol. The zero-order valence-electron chi connectivity index (χ0n) is 15.4. The van der Waals surface area contributed by atoms with Crippen molar-refractivity contribution in [3.8, 4) is 11.4 Å². The third kappa shape index (κ3) is 4.04. The van der Waals surface area contributed by atoms with Gasteiger partial charge in [0.2, 0.25) is 5.82 Å². The average molecular weight is 394 g/mol. The molecule has 2 heterocycles. The zero-order chi connectivity index (χ0) is 19.9. The van der Waals surface area contributed by atoms with Gasteiger partial charge in [-0.3, -0.25) is 4.79 Å². The molecule has 150 valence electrons. The van der Waals surface area contributed by atoms with Crippen molar-refractivity contribution < 1.29 is 22.5 Å². The molecule has 1 N–H and O–H groups in total. The smallest absolute Gasteiger partial charge is 0.348 e. The van der Waals surface area contributed by atoms with Crippen molar-refractivity contribution in [2.24, 2.45) is 5.41 Å². The van der Waals surface area contributed by atoms with Gasteiger partial charge in [0.1, 0.15) is 0 Å². The quantitative estimate of drug-likeness (QED) is 0.842. The summed E-state index contributed by atoms with van der Waals surface area (Å²) in [6, 6.07) is 6.09. The van der Waals surface area contributed by atoms with Crippen molar-refractivity contribution in [1.29, 1.82) is 0 Å². The average Bonchev–Trinajstić information content (AvgIpc) is 3.05. The Kier molecular flexibility index (Phi) is 4.65. The SMILES string of the molecule is C[C@H](CN1CCC2(CC2)C1)NC(=O)c1ccc(-c2noc(C(F)(F)F)n2)cc1. The number of alkyl halides is 3. The number of benzene rings is 1. The number of rotatable bonds is 5. The Hall–Kier alpha value is -2.42. The number of halogens is 3. The molecule has 1 atom stereocenters. The molecule has 1 aromatic carbocycles. The van der Waals surface area contributed by atoms with Gasteiger partial charge in [-0.25, -0.2) is 0 Å². The lowest BCUT2D eigenvalue weighted by molar-refractivity contribution is -0.159. The summed E-state index contributed by atoms with van der Waals surface area (Å²) in [4.78, 5) is 18.2. The molecule has 1 amide bonds. The second-order valence-corrected chi connectivity index (χ2v) is 7.86. The Morgan fingerprint density at radius 1 is 1.29 bits per heavy atom. The summed E-state index contributed by atoms with van der Waals surface area (Å²) in [5, 5.41) is 6.31. The summed E-state index contributed by atoms with van der Waals surface area (Å²) in [6.07, 6.45) is -0.792. The van der Waals surface area contributed by atoms with Gasteiger partial charge in [0.15, 0.2) is 0 Å². The lowest BCUT2D eigenvalue weighted by Crippen LogP contribution is -2.41. The molecule has 2 aliphatic rings. The number of hydrogen-bond acceptors (Lipinski definition) is 5. The maximum absolute atomic E-state index is 12.5. The molecule has 6 nitrogen and oxygen atoms in total. The van der Waals surface area contributed by atoms with Gasteiger partial charge in [0, 0.05) is 30.3 Å². The molecule has 1 spiro atoms. The predicted octanol–water partition coefficient (Wildman–Crippen LogP) is 3.36. The molecule has 1 saturated heterocycles. The lowest BCUT2D eigenvalue weighted by Gasteiger charge is -2.22. The van der Waals surface area contributed by atoms with E-state index in [0.29, 0.717) is 16.5 Å². The predicted molar refractivity (Wildman–Crippen MR) is 94.4 cm³/mol. The molecule has 9 heteroatoms. The number of carbonyl (C=O) groups is 1. The fraction of sp³-hybridized carbons (Fsp3) is 0.526. The highest BCUT2D eigenvalue weighted by Gasteiger charge is 2.47. The van der Waals surface area contributed by atoms with Crippen molar-refractivity contribution in [1.82, 2.24) is 20.4 Å². The fourth-order valence-corrected chi connectivity index (χ4v) is 3.74. The minimum Gasteiger partial charge on any atom is -0.348 e. The second-order valence-electron chi connectivity index (χ2n) is 7.86. The number of amides is 1. The first-order valence-corrected chi connectivity index (χ1v) is 9.29. The van der Waals surface area contributed by atoms with E-state index in [1.807, 2.05) is 6.92 Å². The second kappa shape index (κ2) is 6.88. The fourth-order valence-electron chi connectivity index (χ4n) is 3.74. The number of nitrogens with one attached hydrogen (secondary N) is 1. The highest BCUT2D eigenvalue weighted by Crippen LogP contribution is 2.52. The first kappa shape index (κ1) is 18.9. The van der Waals surface area contributed by atoms with Crippen LogP contribution in [-0.2, 0) is 6.18 Å². The Labute approximate surface area is 160 Å². The molecule has 1 aliphatic heterocycles. The third-order valence-electron chi connectivity index (χ3n) is 5.46. The van der Waals surface area contributed by atoms with Crippen LogP contribution in [0.15, 0.2) is 28.8 Å². The van der Waals surface area contributed by atoms with E-state index in [-0.39, 0.29) is 17.8 Å². The van der Waals surface area contributed by atoms with Gasteiger partial charge in [-0.05, 0) is 50.3 Å². The van der Waals surface area contributed by atoms with Crippen LogP contribution in [0.1, 0.15) is 42.4 Å². The molecule has 0 unspecified atom stereocenters. The number of carbonyl (C=O) groups excluding carboxylic acids is 1. The van der Waals surface area contributed by atoms with E-state index in [2.05, 4.69) is 24.9 Å². The first-order valence-electron chi connectivity index (χ1n) is 9.29. The topological polar surface area (TPSA) is 71.3 Å². The normalized spacial score (nSPS) is 19.7. The standard InChI is InChI=1S/C19H21F3N4O2/c1-12(10-26-9-8-18(11-26)6-7-18)23-16(27)14-4-2-13(3-5-14)15-24-17(28-25-15)19(20,21)22/h2-5,12H,6-11H2,1H3,(H,23,27)/t12-/m1/s1. The highest BCUT2D eigenvalue weighted by molar-refractivity contribution is 5.94. The van der Waals surface area contributed by atoms with Gasteiger partial charge < -0.3 is 14.7 Å². The van der Waals surface area contributed by atoms with Gasteiger partial charge in [-0.2, -0.15) is 18.2 Å². The van der Waals surface area contributed by atoms with Crippen molar-refractivity contribution in [3.05, 3.63) is 35.7 Å². The Bertz CT molecular complexity index is 859. The van der Waals surface area contributed by atoms with Gasteiger partial charge in [0.05, 0.1) is 0 Å². The van der Waals surface area contributed by atoms with E-state index in [4.69, 9.17) is 0 Å². The minimum atomic E-state index is -4.68. The Morgan fingerprint density at radius 2 is 2.00 bits per heavy atom. The molecular formula is C19H21F3N4O2. The van der Waals surface area contributed by atoms with E-state index in [9.17, 15) is 18.0 Å². The van der Waals surface area contributed by atoms with E-state index < -0.39 is 12.1 Å². The Balaban J connectivity index is 1.34. The maximum Gasteiger partial charge on any atom is 0.471 e. The summed E-state index contributed by atoms with van der Waals surface area (Å²) < 4.78 is 41.9. The lowest BCUT2D eigenvalue weighted by atomic mass is 10.1. The number of likely N-dealkylation sites (tertiary alicyclic amines) is 1. The van der Waals surface area contributed by atoms with Crippen LogP contribution in [0.3, 0.4) is 0 Å². The molecule has 1 saturated carbocycles. The minimum absolute atomic E-state index is 0.00706. The van der Waals surface area contributed by atoms with E-state index in [1.54, 1.807) is 0 Å². The van der Waals surface area contributed by atoms with Crippen molar-refractivity contribution in [3.63, 3.8) is 0 Å². The number of hydrogen-bond donors (Lipinski definition) is 1. The van der Waals surface area contributed by atoms with Crippen LogP contribution in [0.5, 0.6) is 0 Å². The number of aromatic nitrogens is 2. The summed E-state index contributed by atoms with van der Waals surface area (Å²) in [5.74, 6) is -1.79. The largest absolute Gasteiger partial charge is 0.471 e. The molecule has 1 aromatic heterocycles.